The van der Waals surface area contributed by atoms with Crippen molar-refractivity contribution >= 4 is 35.2 Å². The number of nitrogens with one attached hydrogen (secondary N) is 3. The average molecular weight is 550 g/mol. The van der Waals surface area contributed by atoms with Crippen LogP contribution in [0, 0.1) is 0 Å². The van der Waals surface area contributed by atoms with Gasteiger partial charge in [0, 0.05) is 28.5 Å². The van der Waals surface area contributed by atoms with E-state index in [0.717, 1.165) is 11.3 Å². The lowest BCUT2D eigenvalue weighted by Crippen LogP contribution is -2.27. The van der Waals surface area contributed by atoms with Crippen molar-refractivity contribution in [3.63, 3.8) is 0 Å². The monoisotopic (exact) mass is 549 g/mol. The minimum Gasteiger partial charge on any atom is -0.453 e. The van der Waals surface area contributed by atoms with Crippen molar-refractivity contribution < 1.29 is 19.1 Å². The number of ether oxygens (including phenoxy) is 2. The summed E-state index contributed by atoms with van der Waals surface area (Å²) in [6, 6.07) is 15.4. The van der Waals surface area contributed by atoms with E-state index < -0.39 is 17.8 Å². The molecule has 0 atom stereocenters. The molecule has 0 bridgehead atoms. The van der Waals surface area contributed by atoms with E-state index in [-0.39, 0.29) is 12.1 Å². The number of aromatic amines is 1. The third-order valence-corrected chi connectivity index (χ3v) is 5.74. The zero-order chi connectivity index (χ0) is 28.2. The smallest absolute Gasteiger partial charge is 0.412 e. The second-order valence-electron chi connectivity index (χ2n) is 9.64. The van der Waals surface area contributed by atoms with Gasteiger partial charge >= 0.3 is 12.2 Å². The van der Waals surface area contributed by atoms with Crippen LogP contribution in [0.25, 0.3) is 22.4 Å². The van der Waals surface area contributed by atoms with Crippen molar-refractivity contribution in [3.05, 3.63) is 88.2 Å². The molecule has 4 aromatic rings. The number of hydrogen-bond acceptors (Lipinski definition) is 6. The number of hydrogen-bond donors (Lipinski definition) is 3. The van der Waals surface area contributed by atoms with Crippen LogP contribution in [0.1, 0.15) is 26.6 Å². The van der Waals surface area contributed by atoms with Crippen LogP contribution in [0.5, 0.6) is 0 Å². The van der Waals surface area contributed by atoms with Gasteiger partial charge in [-0.3, -0.25) is 15.4 Å². The Morgan fingerprint density at radius 3 is 2.41 bits per heavy atom. The Kier molecular flexibility index (Phi) is 8.06. The van der Waals surface area contributed by atoms with Crippen LogP contribution in [0.15, 0.2) is 71.8 Å². The normalized spacial score (nSPS) is 11.1. The number of benzene rings is 2. The summed E-state index contributed by atoms with van der Waals surface area (Å²) in [4.78, 5) is 44.3. The maximum atomic E-state index is 13.0. The molecule has 202 valence electrons. The van der Waals surface area contributed by atoms with E-state index in [9.17, 15) is 14.4 Å². The van der Waals surface area contributed by atoms with Crippen LogP contribution in [0.4, 0.5) is 21.0 Å². The van der Waals surface area contributed by atoms with Crippen LogP contribution in [0.3, 0.4) is 0 Å². The molecular formula is C28H28ClN5O5. The van der Waals surface area contributed by atoms with Crippen LogP contribution in [0.2, 0.25) is 5.02 Å². The molecule has 11 heteroatoms. The molecule has 0 aliphatic rings. The molecule has 0 aliphatic carbocycles. The summed E-state index contributed by atoms with van der Waals surface area (Å²) < 4.78 is 11.5. The molecular weight excluding hydrogens is 522 g/mol. The maximum Gasteiger partial charge on any atom is 0.412 e. The van der Waals surface area contributed by atoms with E-state index in [1.54, 1.807) is 69.6 Å². The predicted octanol–water partition coefficient (Wildman–Crippen LogP) is 6.13. The number of imidazole rings is 1. The van der Waals surface area contributed by atoms with Crippen LogP contribution in [-0.2, 0) is 16.0 Å². The number of carbonyl (C=O) groups excluding carboxylic acids is 2. The Balaban J connectivity index is 1.51. The van der Waals surface area contributed by atoms with Crippen LogP contribution in [-0.4, -0.2) is 39.4 Å². The highest BCUT2D eigenvalue weighted by molar-refractivity contribution is 6.31. The summed E-state index contributed by atoms with van der Waals surface area (Å²) in [5.74, 6) is 0.589. The maximum absolute atomic E-state index is 13.0. The van der Waals surface area contributed by atoms with Crippen LogP contribution >= 0.6 is 11.6 Å². The zero-order valence-corrected chi connectivity index (χ0v) is 22.6. The SMILES string of the molecule is COC(=O)Nc1ccc(-c2cnc(Cn3ccc(-c4cc(Cl)ccc4NC(=O)OC(C)(C)C)cc3=O)[nH]2)cc1. The van der Waals surface area contributed by atoms with E-state index >= 15 is 0 Å². The molecule has 2 heterocycles. The number of pyridine rings is 1. The number of halogens is 1. The molecule has 0 radical (unpaired) electrons. The summed E-state index contributed by atoms with van der Waals surface area (Å²) in [7, 11) is 1.30. The van der Waals surface area contributed by atoms with Crippen molar-refractivity contribution in [1.29, 1.82) is 0 Å². The Labute approximate surface area is 229 Å². The summed E-state index contributed by atoms with van der Waals surface area (Å²) in [5, 5.41) is 5.79. The van der Waals surface area contributed by atoms with Gasteiger partial charge in [0.2, 0.25) is 0 Å². The first kappa shape index (κ1) is 27.5. The van der Waals surface area contributed by atoms with Crippen LogP contribution < -0.4 is 16.2 Å². The molecule has 3 N–H and O–H groups in total. The molecule has 0 unspecified atom stereocenters. The molecule has 0 fully saturated rings. The van der Waals surface area contributed by atoms with E-state index in [1.165, 1.54) is 17.7 Å². The summed E-state index contributed by atoms with van der Waals surface area (Å²) in [6.45, 7) is 5.55. The van der Waals surface area contributed by atoms with Crippen molar-refractivity contribution in [2.75, 3.05) is 17.7 Å². The van der Waals surface area contributed by atoms with Gasteiger partial charge in [-0.15, -0.1) is 0 Å². The van der Waals surface area contributed by atoms with Crippen molar-refractivity contribution in [1.82, 2.24) is 14.5 Å². The fourth-order valence-corrected chi connectivity index (χ4v) is 3.91. The summed E-state index contributed by atoms with van der Waals surface area (Å²) in [6.07, 6.45) is 2.18. The van der Waals surface area contributed by atoms with Gasteiger partial charge in [0.25, 0.3) is 5.56 Å². The standard InChI is InChI=1S/C28H28ClN5O5/c1-28(2,3)39-27(37)33-22-10-7-19(29)14-21(22)18-11-12-34(25(35)13-18)16-24-30-15-23(32-24)17-5-8-20(9-6-17)31-26(36)38-4/h5-15H,16H2,1-4H3,(H,30,32)(H,31,36)(H,33,37). The minimum absolute atomic E-state index is 0.222. The van der Waals surface area contributed by atoms with Crippen molar-refractivity contribution in [2.45, 2.75) is 32.9 Å². The number of rotatable bonds is 6. The molecule has 2 amide bonds. The minimum atomic E-state index is -0.659. The Hall–Kier alpha value is -4.57. The van der Waals surface area contributed by atoms with Crippen molar-refractivity contribution in [2.24, 2.45) is 0 Å². The molecule has 4 rings (SSSR count). The first-order valence-electron chi connectivity index (χ1n) is 12.0. The molecule has 0 spiro atoms. The molecule has 2 aromatic heterocycles. The number of methoxy groups -OCH3 is 1. The van der Waals surface area contributed by atoms with Gasteiger partial charge in [-0.2, -0.15) is 0 Å². The lowest BCUT2D eigenvalue weighted by molar-refractivity contribution is 0.0636. The van der Waals surface area contributed by atoms with Gasteiger partial charge in [-0.1, -0.05) is 23.7 Å². The van der Waals surface area contributed by atoms with Gasteiger partial charge in [0.1, 0.15) is 11.4 Å². The Morgan fingerprint density at radius 1 is 1.00 bits per heavy atom. The Morgan fingerprint density at radius 2 is 1.74 bits per heavy atom. The number of carbonyl (C=O) groups is 2. The highest BCUT2D eigenvalue weighted by atomic mass is 35.5. The first-order valence-corrected chi connectivity index (χ1v) is 12.4. The highest BCUT2D eigenvalue weighted by Gasteiger charge is 2.18. The zero-order valence-electron chi connectivity index (χ0n) is 21.9. The van der Waals surface area contributed by atoms with Gasteiger partial charge < -0.3 is 19.0 Å². The predicted molar refractivity (Wildman–Crippen MR) is 150 cm³/mol. The highest BCUT2D eigenvalue weighted by Crippen LogP contribution is 2.30. The quantitative estimate of drug-likeness (QED) is 0.265. The molecule has 0 aliphatic heterocycles. The molecule has 10 nitrogen and oxygen atoms in total. The van der Waals surface area contributed by atoms with Crippen molar-refractivity contribution in [3.8, 4) is 22.4 Å². The van der Waals surface area contributed by atoms with E-state index in [0.29, 0.717) is 33.3 Å². The third kappa shape index (κ3) is 7.26. The fourth-order valence-electron chi connectivity index (χ4n) is 3.74. The number of anilines is 2. The van der Waals surface area contributed by atoms with E-state index in [2.05, 4.69) is 25.3 Å². The van der Waals surface area contributed by atoms with E-state index in [4.69, 9.17) is 16.3 Å². The van der Waals surface area contributed by atoms with E-state index in [1.807, 2.05) is 12.1 Å². The number of amides is 2. The average Bonchev–Trinajstić information content (AvgIpc) is 3.34. The summed E-state index contributed by atoms with van der Waals surface area (Å²) in [5.41, 5.74) is 2.94. The lowest BCUT2D eigenvalue weighted by Gasteiger charge is -2.20. The number of aromatic nitrogens is 3. The molecule has 0 saturated heterocycles. The molecule has 0 saturated carbocycles. The Bertz CT molecular complexity index is 1550. The van der Waals surface area contributed by atoms with Gasteiger partial charge in [0.15, 0.2) is 0 Å². The molecule has 2 aromatic carbocycles. The number of nitrogens with zero attached hydrogens (tertiary/aromatic N) is 2. The fraction of sp³-hybridized carbons (Fsp3) is 0.214. The first-order chi connectivity index (χ1) is 18.5. The third-order valence-electron chi connectivity index (χ3n) is 5.50. The topological polar surface area (TPSA) is 127 Å². The lowest BCUT2D eigenvalue weighted by atomic mass is 10.0. The molecule has 39 heavy (non-hydrogen) atoms. The van der Waals surface area contributed by atoms with Gasteiger partial charge in [-0.25, -0.2) is 14.6 Å². The number of H-pyrrole nitrogens is 1. The van der Waals surface area contributed by atoms with Gasteiger partial charge in [-0.05, 0) is 68.3 Å². The second kappa shape index (κ2) is 11.4. The van der Waals surface area contributed by atoms with Gasteiger partial charge in [0.05, 0.1) is 31.2 Å². The largest absolute Gasteiger partial charge is 0.453 e. The summed E-state index contributed by atoms with van der Waals surface area (Å²) >= 11 is 6.21. The second-order valence-corrected chi connectivity index (χ2v) is 10.1.